The highest BCUT2D eigenvalue weighted by Gasteiger charge is 2.09. The van der Waals surface area contributed by atoms with E-state index >= 15 is 0 Å². The van der Waals surface area contributed by atoms with Gasteiger partial charge in [0.1, 0.15) is 0 Å². The minimum absolute atomic E-state index is 0.297. The van der Waals surface area contributed by atoms with Crippen LogP contribution in [0.4, 0.5) is 14.5 Å². The second kappa shape index (κ2) is 6.47. The van der Waals surface area contributed by atoms with Crippen molar-refractivity contribution in [2.24, 2.45) is 0 Å². The summed E-state index contributed by atoms with van der Waals surface area (Å²) in [5.41, 5.74) is 1.94. The number of aromatic nitrogens is 1. The van der Waals surface area contributed by atoms with Crippen molar-refractivity contribution in [3.05, 3.63) is 53.9 Å². The van der Waals surface area contributed by atoms with Crippen LogP contribution in [0.5, 0.6) is 0 Å². The Hall–Kier alpha value is -1.95. The van der Waals surface area contributed by atoms with E-state index in [4.69, 9.17) is 0 Å². The minimum atomic E-state index is -2.47. The molecule has 0 spiro atoms. The number of benzene rings is 1. The molecule has 0 aliphatic heterocycles. The van der Waals surface area contributed by atoms with E-state index in [9.17, 15) is 13.6 Å². The summed E-state index contributed by atoms with van der Waals surface area (Å²) in [5.74, 6) is -2.76. The highest BCUT2D eigenvalue weighted by Crippen LogP contribution is 2.25. The van der Waals surface area contributed by atoms with E-state index in [2.05, 4.69) is 10.3 Å². The number of amides is 1. The van der Waals surface area contributed by atoms with Crippen molar-refractivity contribution in [3.63, 3.8) is 0 Å². The first-order valence-corrected chi connectivity index (χ1v) is 6.71. The zero-order valence-electron chi connectivity index (χ0n) is 10.6. The number of halogens is 2. The summed E-state index contributed by atoms with van der Waals surface area (Å²) in [6.07, 6.45) is 3.20. The van der Waals surface area contributed by atoms with Crippen LogP contribution in [-0.2, 0) is 0 Å². The molecule has 0 bridgehead atoms. The number of anilines is 1. The molecule has 3 nitrogen and oxygen atoms in total. The zero-order chi connectivity index (χ0) is 14.5. The molecule has 0 aliphatic carbocycles. The topological polar surface area (TPSA) is 42.0 Å². The molecule has 0 atom stereocenters. The Kier molecular flexibility index (Phi) is 4.68. The van der Waals surface area contributed by atoms with E-state index in [-0.39, 0.29) is 5.91 Å². The number of carbonyl (C=O) groups is 1. The molecule has 0 radical (unpaired) electrons. The van der Waals surface area contributed by atoms with Gasteiger partial charge in [-0.1, -0.05) is 11.8 Å². The van der Waals surface area contributed by atoms with Gasteiger partial charge in [0.15, 0.2) is 0 Å². The predicted molar refractivity (Wildman–Crippen MR) is 75.2 cm³/mol. The maximum Gasteiger partial charge on any atom is 0.288 e. The summed E-state index contributed by atoms with van der Waals surface area (Å²) in [6.45, 7) is 1.86. The van der Waals surface area contributed by atoms with Crippen LogP contribution >= 0.6 is 11.8 Å². The van der Waals surface area contributed by atoms with Crippen molar-refractivity contribution in [3.8, 4) is 0 Å². The number of nitrogens with one attached hydrogen (secondary N) is 1. The lowest BCUT2D eigenvalue weighted by molar-refractivity contribution is 0.102. The summed E-state index contributed by atoms with van der Waals surface area (Å²) in [7, 11) is 0. The molecule has 1 amide bonds. The summed E-state index contributed by atoms with van der Waals surface area (Å²) < 4.78 is 24.4. The average Bonchev–Trinajstić information content (AvgIpc) is 2.41. The number of hydrogen-bond donors (Lipinski definition) is 1. The average molecular weight is 294 g/mol. The number of hydrogen-bond acceptors (Lipinski definition) is 3. The third kappa shape index (κ3) is 3.77. The van der Waals surface area contributed by atoms with E-state index in [0.29, 0.717) is 27.9 Å². The van der Waals surface area contributed by atoms with Gasteiger partial charge in [-0.2, -0.15) is 8.78 Å². The van der Waals surface area contributed by atoms with Crippen LogP contribution in [0, 0.1) is 6.92 Å². The van der Waals surface area contributed by atoms with Crippen LogP contribution < -0.4 is 5.32 Å². The summed E-state index contributed by atoms with van der Waals surface area (Å²) >= 11 is 0.450. The largest absolute Gasteiger partial charge is 0.320 e. The van der Waals surface area contributed by atoms with E-state index in [0.717, 1.165) is 5.56 Å². The van der Waals surface area contributed by atoms with Crippen LogP contribution in [0.25, 0.3) is 0 Å². The molecule has 1 heterocycles. The van der Waals surface area contributed by atoms with Crippen LogP contribution in [0.3, 0.4) is 0 Å². The number of alkyl halides is 2. The van der Waals surface area contributed by atoms with E-state index < -0.39 is 5.76 Å². The van der Waals surface area contributed by atoms with Gasteiger partial charge in [-0.15, -0.1) is 0 Å². The summed E-state index contributed by atoms with van der Waals surface area (Å²) in [5, 5.41) is 2.73. The van der Waals surface area contributed by atoms with E-state index in [1.807, 2.05) is 6.92 Å². The molecule has 1 aromatic carbocycles. The molecule has 2 rings (SSSR count). The first-order valence-electron chi connectivity index (χ1n) is 5.83. The molecule has 20 heavy (non-hydrogen) atoms. The van der Waals surface area contributed by atoms with Gasteiger partial charge in [0.25, 0.3) is 11.7 Å². The molecule has 0 unspecified atom stereocenters. The number of nitrogens with zero attached hydrogens (tertiary/aromatic N) is 1. The number of thioether (sulfide) groups is 1. The molecule has 0 fully saturated rings. The third-order valence-corrected chi connectivity index (χ3v) is 3.35. The van der Waals surface area contributed by atoms with Gasteiger partial charge in [-0.25, -0.2) is 0 Å². The number of aryl methyl sites for hydroxylation is 1. The third-order valence-electron chi connectivity index (χ3n) is 2.63. The quantitative estimate of drug-likeness (QED) is 0.868. The van der Waals surface area contributed by atoms with Crippen LogP contribution in [0.1, 0.15) is 15.9 Å². The Morgan fingerprint density at radius 1 is 1.25 bits per heavy atom. The van der Waals surface area contributed by atoms with Crippen molar-refractivity contribution < 1.29 is 13.6 Å². The van der Waals surface area contributed by atoms with Gasteiger partial charge >= 0.3 is 0 Å². The Balaban J connectivity index is 2.08. The van der Waals surface area contributed by atoms with Crippen molar-refractivity contribution in [2.45, 2.75) is 17.6 Å². The molecule has 0 saturated carbocycles. The Bertz CT molecular complexity index is 602. The Labute approximate surface area is 119 Å². The van der Waals surface area contributed by atoms with E-state index in [1.54, 1.807) is 18.5 Å². The second-order valence-electron chi connectivity index (χ2n) is 4.05. The fourth-order valence-corrected chi connectivity index (χ4v) is 2.08. The Morgan fingerprint density at radius 3 is 2.55 bits per heavy atom. The normalized spacial score (nSPS) is 10.6. The van der Waals surface area contributed by atoms with Gasteiger partial charge in [0.2, 0.25) is 0 Å². The first kappa shape index (κ1) is 14.5. The fourth-order valence-electron chi connectivity index (χ4n) is 1.58. The predicted octanol–water partition coefficient (Wildman–Crippen LogP) is 3.96. The molecule has 1 aromatic heterocycles. The second-order valence-corrected chi connectivity index (χ2v) is 5.11. The van der Waals surface area contributed by atoms with Crippen molar-refractivity contribution >= 4 is 23.4 Å². The summed E-state index contributed by atoms with van der Waals surface area (Å²) in [4.78, 5) is 16.4. The first-order chi connectivity index (χ1) is 9.56. The lowest BCUT2D eigenvalue weighted by Crippen LogP contribution is -2.12. The zero-order valence-corrected chi connectivity index (χ0v) is 11.5. The van der Waals surface area contributed by atoms with Crippen LogP contribution in [0.15, 0.2) is 47.6 Å². The SMILES string of the molecule is Cc1ccncc1NC(=O)c1ccc(SC(F)F)cc1. The molecule has 2 aromatic rings. The number of rotatable bonds is 4. The van der Waals surface area contributed by atoms with Crippen LogP contribution in [-0.4, -0.2) is 16.6 Å². The fraction of sp³-hybridized carbons (Fsp3) is 0.143. The van der Waals surface area contributed by atoms with Crippen molar-refractivity contribution in [1.82, 2.24) is 4.98 Å². The van der Waals surface area contributed by atoms with Crippen molar-refractivity contribution in [2.75, 3.05) is 5.32 Å². The van der Waals surface area contributed by atoms with Gasteiger partial charge in [0, 0.05) is 16.7 Å². The van der Waals surface area contributed by atoms with Gasteiger partial charge < -0.3 is 5.32 Å². The highest BCUT2D eigenvalue weighted by atomic mass is 32.2. The minimum Gasteiger partial charge on any atom is -0.320 e. The Morgan fingerprint density at radius 2 is 1.95 bits per heavy atom. The van der Waals surface area contributed by atoms with Crippen molar-refractivity contribution in [1.29, 1.82) is 0 Å². The number of carbonyl (C=O) groups excluding carboxylic acids is 1. The highest BCUT2D eigenvalue weighted by molar-refractivity contribution is 7.99. The monoisotopic (exact) mass is 294 g/mol. The maximum absolute atomic E-state index is 12.2. The molecule has 1 N–H and O–H groups in total. The molecule has 6 heteroatoms. The van der Waals surface area contributed by atoms with E-state index in [1.165, 1.54) is 24.3 Å². The molecular formula is C14H12F2N2OS. The lowest BCUT2D eigenvalue weighted by Gasteiger charge is -2.08. The maximum atomic E-state index is 12.2. The summed E-state index contributed by atoms with van der Waals surface area (Å²) in [6, 6.07) is 7.83. The molecule has 0 aliphatic rings. The lowest BCUT2D eigenvalue weighted by atomic mass is 10.2. The smallest absolute Gasteiger partial charge is 0.288 e. The number of pyridine rings is 1. The van der Waals surface area contributed by atoms with Gasteiger partial charge in [-0.05, 0) is 42.8 Å². The molecular weight excluding hydrogens is 282 g/mol. The molecule has 0 saturated heterocycles. The standard InChI is InChI=1S/C14H12F2N2OS/c1-9-6-7-17-8-12(9)18-13(19)10-2-4-11(5-3-10)20-14(15)16/h2-8,14H,1H3,(H,18,19). The van der Waals surface area contributed by atoms with Crippen LogP contribution in [0.2, 0.25) is 0 Å². The van der Waals surface area contributed by atoms with Gasteiger partial charge in [0.05, 0.1) is 11.9 Å². The van der Waals surface area contributed by atoms with Gasteiger partial charge in [-0.3, -0.25) is 9.78 Å². The molecule has 104 valence electrons.